The number of alkyl halides is 3. The summed E-state index contributed by atoms with van der Waals surface area (Å²) in [5.41, 5.74) is -0.0454. The molecular formula is C38H52F5NO9. The lowest BCUT2D eigenvalue weighted by Crippen LogP contribution is -2.61. The first kappa shape index (κ1) is 44.3. The Hall–Kier alpha value is -3.05. The van der Waals surface area contributed by atoms with Crippen molar-refractivity contribution in [3.63, 3.8) is 0 Å². The van der Waals surface area contributed by atoms with Crippen LogP contribution < -0.4 is 5.32 Å². The van der Waals surface area contributed by atoms with Crippen LogP contribution in [0.4, 0.5) is 22.0 Å². The highest BCUT2D eigenvalue weighted by molar-refractivity contribution is 5.79. The third-order valence-corrected chi connectivity index (χ3v) is 9.38. The highest BCUT2D eigenvalue weighted by atomic mass is 19.4. The minimum atomic E-state index is -4.58. The quantitative estimate of drug-likeness (QED) is 0.0747. The molecule has 15 heteroatoms. The number of halogens is 5. The van der Waals surface area contributed by atoms with Crippen molar-refractivity contribution in [2.24, 2.45) is 5.92 Å². The maximum absolute atomic E-state index is 13.3. The maximum atomic E-state index is 13.3. The van der Waals surface area contributed by atoms with Crippen molar-refractivity contribution in [3.8, 4) is 0 Å². The van der Waals surface area contributed by atoms with E-state index in [0.29, 0.717) is 12.8 Å². The van der Waals surface area contributed by atoms with Gasteiger partial charge in [-0.25, -0.2) is 8.78 Å². The van der Waals surface area contributed by atoms with Crippen LogP contribution in [0, 0.1) is 17.6 Å². The third kappa shape index (κ3) is 15.0. The van der Waals surface area contributed by atoms with Crippen molar-refractivity contribution in [1.29, 1.82) is 0 Å². The molecule has 53 heavy (non-hydrogen) atoms. The van der Waals surface area contributed by atoms with Gasteiger partial charge in [0, 0.05) is 25.3 Å². The standard InChI is InChI=1S/C38H52F5NO9/c1-23(45)33(48)26(20-28(46)14-9-7-5-3-2-4-6-8-11-24-15-16-29(39)30(40)18-24)22-52-37-36(51)35(50)34(49)31(53-37)21-44-32(47)19-25-12-10-13-27(17-25)38(41,42)43/h10,12-13,15-18,23,26,31,33-37,45,48-51H,2-9,11,14,19-22H2,1H3,(H,44,47)/t23-,26+,31?,33-,34?,35?,36?,37?/m1/s1. The van der Waals surface area contributed by atoms with Gasteiger partial charge in [-0.2, -0.15) is 13.2 Å². The number of aryl methyl sites for hydroxylation is 1. The van der Waals surface area contributed by atoms with E-state index in [4.69, 9.17) is 9.47 Å². The number of ether oxygens (including phenoxy) is 2. The molecule has 3 rings (SSSR count). The summed E-state index contributed by atoms with van der Waals surface area (Å²) in [7, 11) is 0. The van der Waals surface area contributed by atoms with Crippen LogP contribution in [0.5, 0.6) is 0 Å². The zero-order chi connectivity index (χ0) is 39.1. The molecule has 0 spiro atoms. The van der Waals surface area contributed by atoms with E-state index in [9.17, 15) is 57.1 Å². The molecule has 0 radical (unpaired) electrons. The lowest BCUT2D eigenvalue weighted by Gasteiger charge is -2.41. The number of aliphatic hydroxyl groups excluding tert-OH is 5. The number of hydrogen-bond donors (Lipinski definition) is 6. The number of Topliss-reactive ketones (excluding diaryl/α,β-unsaturated/α-hetero) is 1. The molecule has 1 aliphatic heterocycles. The summed E-state index contributed by atoms with van der Waals surface area (Å²) < 4.78 is 76.7. The molecule has 0 saturated carbocycles. The first-order valence-electron chi connectivity index (χ1n) is 18.1. The van der Waals surface area contributed by atoms with E-state index in [1.165, 1.54) is 25.1 Å². The Labute approximate surface area is 306 Å². The molecule has 298 valence electrons. The number of amides is 1. The minimum absolute atomic E-state index is 0.0972. The summed E-state index contributed by atoms with van der Waals surface area (Å²) in [5, 5.41) is 54.4. The van der Waals surface area contributed by atoms with Crippen LogP contribution in [0.25, 0.3) is 0 Å². The first-order chi connectivity index (χ1) is 25.1. The molecule has 1 amide bonds. The zero-order valence-electron chi connectivity index (χ0n) is 29.8. The van der Waals surface area contributed by atoms with E-state index < -0.39 is 84.5 Å². The zero-order valence-corrected chi connectivity index (χ0v) is 29.8. The molecule has 0 aliphatic carbocycles. The van der Waals surface area contributed by atoms with Crippen molar-refractivity contribution in [2.75, 3.05) is 13.2 Å². The van der Waals surface area contributed by atoms with Crippen LogP contribution in [0.2, 0.25) is 0 Å². The second-order valence-corrected chi connectivity index (χ2v) is 13.8. The SMILES string of the molecule is C[C@@H](O)[C@@H](O)[C@H](COC1OC(CNC(=O)Cc2cccc(C(F)(F)F)c2)C(O)C(O)C1O)CC(=O)CCCCCCCCCCc1ccc(F)c(F)c1. The largest absolute Gasteiger partial charge is 0.416 e. The Morgan fingerprint density at radius 1 is 0.849 bits per heavy atom. The lowest BCUT2D eigenvalue weighted by molar-refractivity contribution is -0.299. The van der Waals surface area contributed by atoms with Crippen molar-refractivity contribution in [2.45, 2.75) is 133 Å². The van der Waals surface area contributed by atoms with Crippen molar-refractivity contribution >= 4 is 11.7 Å². The molecule has 1 fully saturated rings. The highest BCUT2D eigenvalue weighted by Crippen LogP contribution is 2.30. The minimum Gasteiger partial charge on any atom is -0.391 e. The number of benzene rings is 2. The van der Waals surface area contributed by atoms with Gasteiger partial charge in [-0.15, -0.1) is 0 Å². The number of aliphatic hydroxyl groups is 5. The summed E-state index contributed by atoms with van der Waals surface area (Å²) in [6.07, 6.45) is -7.60. The first-order valence-corrected chi connectivity index (χ1v) is 18.1. The van der Waals surface area contributed by atoms with Gasteiger partial charge in [0.15, 0.2) is 17.9 Å². The average Bonchev–Trinajstić information content (AvgIpc) is 3.10. The van der Waals surface area contributed by atoms with E-state index in [0.717, 1.165) is 68.7 Å². The lowest BCUT2D eigenvalue weighted by atomic mass is 9.92. The van der Waals surface area contributed by atoms with Crippen LogP contribution in [0.3, 0.4) is 0 Å². The summed E-state index contributed by atoms with van der Waals surface area (Å²) in [6, 6.07) is 8.20. The van der Waals surface area contributed by atoms with Gasteiger partial charge in [0.25, 0.3) is 0 Å². The fourth-order valence-electron chi connectivity index (χ4n) is 6.24. The van der Waals surface area contributed by atoms with Gasteiger partial charge in [-0.3, -0.25) is 9.59 Å². The second-order valence-electron chi connectivity index (χ2n) is 13.8. The summed E-state index contributed by atoms with van der Waals surface area (Å²) >= 11 is 0. The average molecular weight is 762 g/mol. The van der Waals surface area contributed by atoms with Crippen molar-refractivity contribution < 1.29 is 66.5 Å². The molecule has 10 nitrogen and oxygen atoms in total. The van der Waals surface area contributed by atoms with Crippen molar-refractivity contribution in [1.82, 2.24) is 5.32 Å². The smallest absolute Gasteiger partial charge is 0.391 e. The van der Waals surface area contributed by atoms with Crippen LogP contribution in [0.1, 0.15) is 87.8 Å². The summed E-state index contributed by atoms with van der Waals surface area (Å²) in [6.45, 7) is 0.586. The molecular weight excluding hydrogens is 709 g/mol. The van der Waals surface area contributed by atoms with Gasteiger partial charge in [0.05, 0.1) is 30.8 Å². The molecule has 5 unspecified atom stereocenters. The number of unbranched alkanes of at least 4 members (excludes halogenated alkanes) is 7. The Bertz CT molecular complexity index is 1430. The molecule has 2 aromatic rings. The van der Waals surface area contributed by atoms with Gasteiger partial charge in [0.2, 0.25) is 5.91 Å². The van der Waals surface area contributed by atoms with Crippen LogP contribution in [-0.4, -0.2) is 93.3 Å². The predicted octanol–water partition coefficient (Wildman–Crippen LogP) is 4.54. The van der Waals surface area contributed by atoms with Crippen LogP contribution in [-0.2, 0) is 38.1 Å². The third-order valence-electron chi connectivity index (χ3n) is 9.38. The fraction of sp³-hybridized carbons (Fsp3) is 0.632. The van der Waals surface area contributed by atoms with Crippen molar-refractivity contribution in [3.05, 3.63) is 70.8 Å². The van der Waals surface area contributed by atoms with Gasteiger partial charge in [-0.1, -0.05) is 62.8 Å². The van der Waals surface area contributed by atoms with E-state index >= 15 is 0 Å². The molecule has 8 atom stereocenters. The molecule has 0 aromatic heterocycles. The number of ketones is 1. The predicted molar refractivity (Wildman–Crippen MR) is 183 cm³/mol. The topological polar surface area (TPSA) is 166 Å². The molecule has 1 aliphatic rings. The molecule has 1 heterocycles. The summed E-state index contributed by atoms with van der Waals surface area (Å²) in [4.78, 5) is 25.3. The van der Waals surface area contributed by atoms with E-state index in [-0.39, 0.29) is 37.3 Å². The van der Waals surface area contributed by atoms with Gasteiger partial charge in [-0.05, 0) is 55.5 Å². The molecule has 6 N–H and O–H groups in total. The Morgan fingerprint density at radius 2 is 1.51 bits per heavy atom. The maximum Gasteiger partial charge on any atom is 0.416 e. The van der Waals surface area contributed by atoms with Crippen LogP contribution >= 0.6 is 0 Å². The fourth-order valence-corrected chi connectivity index (χ4v) is 6.24. The number of nitrogens with one attached hydrogen (secondary N) is 1. The molecule has 0 bridgehead atoms. The molecule has 1 saturated heterocycles. The van der Waals surface area contributed by atoms with Gasteiger partial charge < -0.3 is 40.3 Å². The number of carbonyl (C=O) groups is 2. The molecule has 2 aromatic carbocycles. The van der Waals surface area contributed by atoms with Gasteiger partial charge >= 0.3 is 6.18 Å². The van der Waals surface area contributed by atoms with E-state index in [1.807, 2.05) is 0 Å². The number of hydrogen-bond acceptors (Lipinski definition) is 9. The van der Waals surface area contributed by atoms with E-state index in [2.05, 4.69) is 5.32 Å². The van der Waals surface area contributed by atoms with E-state index in [1.54, 1.807) is 6.07 Å². The van der Waals surface area contributed by atoms with Crippen LogP contribution in [0.15, 0.2) is 42.5 Å². The Morgan fingerprint density at radius 3 is 2.15 bits per heavy atom. The monoisotopic (exact) mass is 761 g/mol. The number of rotatable bonds is 22. The van der Waals surface area contributed by atoms with Gasteiger partial charge in [0.1, 0.15) is 30.2 Å². The second kappa shape index (κ2) is 21.7. The Kier molecular flexibility index (Phi) is 18.2. The normalized spacial score (nSPS) is 22.3. The number of carbonyl (C=O) groups excluding carboxylic acids is 2. The Balaban J connectivity index is 1.39. The summed E-state index contributed by atoms with van der Waals surface area (Å²) in [5.74, 6) is -3.45. The highest BCUT2D eigenvalue weighted by Gasteiger charge is 2.45.